The molecule has 2 unspecified atom stereocenters. The van der Waals surface area contributed by atoms with Crippen LogP contribution in [0.4, 0.5) is 0 Å². The van der Waals surface area contributed by atoms with Crippen molar-refractivity contribution in [3.05, 3.63) is 15.6 Å². The molecule has 1 N–H and O–H groups in total. The van der Waals surface area contributed by atoms with Crippen LogP contribution in [0.1, 0.15) is 79.7 Å². The second kappa shape index (κ2) is 5.23. The maximum absolute atomic E-state index is 11.4. The second-order valence-electron chi connectivity index (χ2n) is 6.57. The van der Waals surface area contributed by atoms with E-state index in [9.17, 15) is 9.90 Å². The average Bonchev–Trinajstić information content (AvgIpc) is 2.94. The number of aromatic nitrogens is 1. The van der Waals surface area contributed by atoms with Crippen molar-refractivity contribution >= 4 is 17.3 Å². The van der Waals surface area contributed by atoms with Gasteiger partial charge < -0.3 is 5.11 Å². The highest BCUT2D eigenvalue weighted by molar-refractivity contribution is 7.13. The Morgan fingerprint density at radius 1 is 1.42 bits per heavy atom. The quantitative estimate of drug-likeness (QED) is 0.891. The molecule has 1 heterocycles. The lowest BCUT2D eigenvalue weighted by Gasteiger charge is -2.16. The van der Waals surface area contributed by atoms with Crippen molar-refractivity contribution in [2.75, 3.05) is 0 Å². The number of hydrogen-bond donors (Lipinski definition) is 1. The Labute approximate surface area is 119 Å². The first-order valence-electron chi connectivity index (χ1n) is 7.07. The molecule has 1 aliphatic rings. The predicted octanol–water partition coefficient (Wildman–Crippen LogP) is 4.43. The Morgan fingerprint density at radius 3 is 2.53 bits per heavy atom. The maximum atomic E-state index is 11.4. The summed E-state index contributed by atoms with van der Waals surface area (Å²) in [5, 5.41) is 10.4. The molecule has 106 valence electrons. The monoisotopic (exact) mass is 281 g/mol. The number of nitrogens with zero attached hydrogens (tertiary/aromatic N) is 1. The number of aromatic carboxylic acids is 1. The molecule has 0 radical (unpaired) electrons. The van der Waals surface area contributed by atoms with Gasteiger partial charge in [-0.15, -0.1) is 11.3 Å². The summed E-state index contributed by atoms with van der Waals surface area (Å²) in [6, 6.07) is 0. The van der Waals surface area contributed by atoms with E-state index in [1.54, 1.807) is 0 Å². The van der Waals surface area contributed by atoms with E-state index in [2.05, 4.69) is 6.92 Å². The van der Waals surface area contributed by atoms with Gasteiger partial charge in [-0.1, -0.05) is 34.1 Å². The molecule has 0 saturated heterocycles. The van der Waals surface area contributed by atoms with E-state index < -0.39 is 5.97 Å². The van der Waals surface area contributed by atoms with Crippen molar-refractivity contribution in [1.82, 2.24) is 4.98 Å². The minimum absolute atomic E-state index is 0.203. The number of carboxylic acids is 1. The highest BCUT2D eigenvalue weighted by atomic mass is 32.1. The standard InChI is InChI=1S/C15H23NO2S/c1-5-9-6-7-10(8-9)13-16-12(15(2,3)4)11(19-13)14(17)18/h9-10H,5-8H2,1-4H3,(H,17,18). The molecule has 3 nitrogen and oxygen atoms in total. The minimum atomic E-state index is -0.835. The van der Waals surface area contributed by atoms with Gasteiger partial charge in [-0.3, -0.25) is 0 Å². The van der Waals surface area contributed by atoms with E-state index in [0.717, 1.165) is 23.0 Å². The topological polar surface area (TPSA) is 50.2 Å². The first-order valence-corrected chi connectivity index (χ1v) is 7.89. The zero-order chi connectivity index (χ0) is 14.2. The molecule has 0 amide bonds. The third-order valence-corrected chi connectivity index (χ3v) is 5.22. The van der Waals surface area contributed by atoms with E-state index in [4.69, 9.17) is 4.98 Å². The molecule has 2 rings (SSSR count). The molecule has 4 heteroatoms. The van der Waals surface area contributed by atoms with Gasteiger partial charge in [-0.05, 0) is 25.2 Å². The smallest absolute Gasteiger partial charge is 0.347 e. The molecule has 1 aromatic heterocycles. The molecule has 0 spiro atoms. The fourth-order valence-corrected chi connectivity index (χ4v) is 4.10. The lowest BCUT2D eigenvalue weighted by Crippen LogP contribution is -2.16. The molecular formula is C15H23NO2S. The van der Waals surface area contributed by atoms with Gasteiger partial charge in [0.15, 0.2) is 0 Å². The summed E-state index contributed by atoms with van der Waals surface area (Å²) < 4.78 is 0. The molecule has 0 aliphatic heterocycles. The summed E-state index contributed by atoms with van der Waals surface area (Å²) in [7, 11) is 0. The van der Waals surface area contributed by atoms with Gasteiger partial charge in [0, 0.05) is 11.3 Å². The zero-order valence-electron chi connectivity index (χ0n) is 12.2. The van der Waals surface area contributed by atoms with Crippen LogP contribution >= 0.6 is 11.3 Å². The van der Waals surface area contributed by atoms with Gasteiger partial charge in [0.25, 0.3) is 0 Å². The van der Waals surface area contributed by atoms with Crippen LogP contribution in [0.2, 0.25) is 0 Å². The van der Waals surface area contributed by atoms with Gasteiger partial charge in [-0.2, -0.15) is 0 Å². The fourth-order valence-electron chi connectivity index (χ4n) is 2.83. The molecule has 1 aliphatic carbocycles. The van der Waals surface area contributed by atoms with E-state index >= 15 is 0 Å². The summed E-state index contributed by atoms with van der Waals surface area (Å²) in [5.74, 6) is 0.433. The van der Waals surface area contributed by atoms with Crippen LogP contribution in [0.25, 0.3) is 0 Å². The Bertz CT molecular complexity index is 473. The average molecular weight is 281 g/mol. The van der Waals surface area contributed by atoms with Crippen molar-refractivity contribution in [2.24, 2.45) is 5.92 Å². The highest BCUT2D eigenvalue weighted by Gasteiger charge is 2.32. The van der Waals surface area contributed by atoms with Crippen LogP contribution in [0, 0.1) is 5.92 Å². The van der Waals surface area contributed by atoms with Crippen LogP contribution in [-0.4, -0.2) is 16.1 Å². The third kappa shape index (κ3) is 2.99. The predicted molar refractivity (Wildman–Crippen MR) is 78.1 cm³/mol. The van der Waals surface area contributed by atoms with Crippen LogP contribution in [0.3, 0.4) is 0 Å². The van der Waals surface area contributed by atoms with E-state index in [1.807, 2.05) is 20.8 Å². The van der Waals surface area contributed by atoms with E-state index in [1.165, 1.54) is 30.6 Å². The lowest BCUT2D eigenvalue weighted by atomic mass is 9.91. The Hall–Kier alpha value is -0.900. The number of carbonyl (C=O) groups is 1. The minimum Gasteiger partial charge on any atom is -0.477 e. The van der Waals surface area contributed by atoms with Crippen LogP contribution in [-0.2, 0) is 5.41 Å². The normalized spacial score (nSPS) is 23.8. The van der Waals surface area contributed by atoms with Gasteiger partial charge in [0.05, 0.1) is 10.7 Å². The summed E-state index contributed by atoms with van der Waals surface area (Å²) in [6.45, 7) is 8.32. The van der Waals surface area contributed by atoms with E-state index in [0.29, 0.717) is 10.8 Å². The molecule has 1 saturated carbocycles. The summed E-state index contributed by atoms with van der Waals surface area (Å²) in [4.78, 5) is 16.5. The summed E-state index contributed by atoms with van der Waals surface area (Å²) in [6.07, 6.45) is 4.81. The molecule has 1 fully saturated rings. The summed E-state index contributed by atoms with van der Waals surface area (Å²) >= 11 is 1.39. The van der Waals surface area contributed by atoms with Gasteiger partial charge in [0.2, 0.25) is 0 Å². The first kappa shape index (κ1) is 14.5. The van der Waals surface area contributed by atoms with Crippen molar-refractivity contribution in [3.8, 4) is 0 Å². The summed E-state index contributed by atoms with van der Waals surface area (Å²) in [5.41, 5.74) is 0.547. The van der Waals surface area contributed by atoms with Gasteiger partial charge >= 0.3 is 5.97 Å². The SMILES string of the molecule is CCC1CCC(c2nc(C(C)(C)C)c(C(=O)O)s2)C1. The molecule has 0 bridgehead atoms. The van der Waals surface area contributed by atoms with Crippen molar-refractivity contribution in [1.29, 1.82) is 0 Å². The zero-order valence-corrected chi connectivity index (χ0v) is 13.0. The number of rotatable bonds is 3. The third-order valence-electron chi connectivity index (χ3n) is 4.02. The number of carboxylic acid groups (broad SMARTS) is 1. The van der Waals surface area contributed by atoms with Crippen molar-refractivity contribution < 1.29 is 9.90 Å². The van der Waals surface area contributed by atoms with Crippen LogP contribution in [0.15, 0.2) is 0 Å². The second-order valence-corrected chi connectivity index (χ2v) is 7.60. The van der Waals surface area contributed by atoms with Crippen LogP contribution < -0.4 is 0 Å². The Balaban J connectivity index is 2.31. The lowest BCUT2D eigenvalue weighted by molar-refractivity contribution is 0.0699. The fraction of sp³-hybridized carbons (Fsp3) is 0.733. The maximum Gasteiger partial charge on any atom is 0.347 e. The van der Waals surface area contributed by atoms with Gasteiger partial charge in [-0.25, -0.2) is 9.78 Å². The largest absolute Gasteiger partial charge is 0.477 e. The molecule has 1 aromatic rings. The van der Waals surface area contributed by atoms with Crippen molar-refractivity contribution in [2.45, 2.75) is 64.7 Å². The van der Waals surface area contributed by atoms with E-state index in [-0.39, 0.29) is 5.41 Å². The van der Waals surface area contributed by atoms with Gasteiger partial charge in [0.1, 0.15) is 4.88 Å². The Morgan fingerprint density at radius 2 is 2.11 bits per heavy atom. The van der Waals surface area contributed by atoms with Crippen molar-refractivity contribution in [3.63, 3.8) is 0 Å². The molecule has 0 aromatic carbocycles. The number of hydrogen-bond acceptors (Lipinski definition) is 3. The van der Waals surface area contributed by atoms with Crippen LogP contribution in [0.5, 0.6) is 0 Å². The molecule has 2 atom stereocenters. The molecular weight excluding hydrogens is 258 g/mol. The number of thiazole rings is 1. The molecule has 19 heavy (non-hydrogen) atoms. The first-order chi connectivity index (χ1) is 8.82. The Kier molecular flexibility index (Phi) is 4.00. The highest BCUT2D eigenvalue weighted by Crippen LogP contribution is 2.43.